The average Bonchev–Trinajstić information content (AvgIpc) is 3.27. The fraction of sp³-hybridized carbons (Fsp3) is 0. The van der Waals surface area contributed by atoms with Crippen LogP contribution >= 0.6 is 0 Å². The van der Waals surface area contributed by atoms with Gasteiger partial charge >= 0.3 is 0 Å². The Balaban J connectivity index is 1.04. The predicted molar refractivity (Wildman–Crippen MR) is 219 cm³/mol. The summed E-state index contributed by atoms with van der Waals surface area (Å²) >= 11 is 0. The molecular weight excluding hydrogens is 659 g/mol. The molecule has 5 nitrogen and oxygen atoms in total. The van der Waals surface area contributed by atoms with Gasteiger partial charge < -0.3 is 0 Å². The van der Waals surface area contributed by atoms with E-state index >= 15 is 0 Å². The number of aromatic nitrogens is 5. The Labute approximate surface area is 314 Å². The minimum absolute atomic E-state index is 0.698. The summed E-state index contributed by atoms with van der Waals surface area (Å²) in [5.74, 6) is 0.698. The van der Waals surface area contributed by atoms with Crippen molar-refractivity contribution in [2.24, 2.45) is 0 Å². The molecule has 5 aromatic carbocycles. The van der Waals surface area contributed by atoms with E-state index in [1.165, 1.54) is 5.56 Å². The van der Waals surface area contributed by atoms with Gasteiger partial charge in [-0.25, -0.2) is 15.0 Å². The quantitative estimate of drug-likeness (QED) is 0.159. The van der Waals surface area contributed by atoms with Gasteiger partial charge in [0.25, 0.3) is 0 Å². The van der Waals surface area contributed by atoms with Crippen molar-refractivity contribution in [2.45, 2.75) is 0 Å². The maximum absolute atomic E-state index is 5.05. The van der Waals surface area contributed by atoms with Crippen molar-refractivity contribution in [3.63, 3.8) is 0 Å². The predicted octanol–water partition coefficient (Wildman–Crippen LogP) is 12.0. The lowest BCUT2D eigenvalue weighted by atomic mass is 9.97. The number of rotatable bonds is 8. The smallest absolute Gasteiger partial charge is 0.160 e. The highest BCUT2D eigenvalue weighted by atomic mass is 14.9. The van der Waals surface area contributed by atoms with Crippen LogP contribution in [-0.4, -0.2) is 24.9 Å². The second-order valence-corrected chi connectivity index (χ2v) is 13.0. The first-order valence-corrected chi connectivity index (χ1v) is 17.9. The van der Waals surface area contributed by atoms with Crippen molar-refractivity contribution >= 4 is 0 Å². The fourth-order valence-electron chi connectivity index (χ4n) is 6.60. The van der Waals surface area contributed by atoms with Crippen molar-refractivity contribution in [1.29, 1.82) is 0 Å². The Morgan fingerprint density at radius 1 is 0.241 bits per heavy atom. The molecule has 0 bridgehead atoms. The van der Waals surface area contributed by atoms with E-state index < -0.39 is 0 Å². The Kier molecular flexibility index (Phi) is 8.86. The molecule has 54 heavy (non-hydrogen) atoms. The van der Waals surface area contributed by atoms with E-state index in [-0.39, 0.29) is 0 Å². The Bertz CT molecular complexity index is 2610. The summed E-state index contributed by atoms with van der Waals surface area (Å²) < 4.78 is 0. The van der Waals surface area contributed by atoms with Gasteiger partial charge in [-0.3, -0.25) is 9.97 Å². The number of nitrogens with zero attached hydrogens (tertiary/aromatic N) is 5. The number of hydrogen-bond donors (Lipinski definition) is 0. The van der Waals surface area contributed by atoms with Crippen molar-refractivity contribution in [3.05, 3.63) is 200 Å². The van der Waals surface area contributed by atoms with Crippen LogP contribution in [0.25, 0.3) is 90.1 Å². The summed E-state index contributed by atoms with van der Waals surface area (Å²) in [4.78, 5) is 24.5. The van der Waals surface area contributed by atoms with Crippen LogP contribution in [0.3, 0.4) is 0 Å². The number of benzene rings is 5. The summed E-state index contributed by atoms with van der Waals surface area (Å²) in [5.41, 5.74) is 14.5. The Hall–Kier alpha value is -7.37. The maximum atomic E-state index is 5.05. The van der Waals surface area contributed by atoms with Crippen LogP contribution in [0.4, 0.5) is 0 Å². The molecule has 0 aliphatic rings. The molecule has 0 amide bonds. The first kappa shape index (κ1) is 32.5. The highest BCUT2D eigenvalue weighted by Gasteiger charge is 2.14. The van der Waals surface area contributed by atoms with Gasteiger partial charge in [0.2, 0.25) is 0 Å². The zero-order valence-electron chi connectivity index (χ0n) is 29.3. The normalized spacial score (nSPS) is 11.0. The summed E-state index contributed by atoms with van der Waals surface area (Å²) in [6.07, 6.45) is 3.72. The monoisotopic (exact) mass is 691 g/mol. The zero-order valence-corrected chi connectivity index (χ0v) is 29.3. The molecular formula is C49H33N5. The van der Waals surface area contributed by atoms with Gasteiger partial charge in [-0.1, -0.05) is 146 Å². The largest absolute Gasteiger partial charge is 0.255 e. The molecule has 0 N–H and O–H groups in total. The Morgan fingerprint density at radius 3 is 1.35 bits per heavy atom. The van der Waals surface area contributed by atoms with Gasteiger partial charge in [0.05, 0.1) is 34.2 Å². The molecule has 0 radical (unpaired) electrons. The van der Waals surface area contributed by atoms with Crippen molar-refractivity contribution in [2.75, 3.05) is 0 Å². The third-order valence-corrected chi connectivity index (χ3v) is 9.42. The Morgan fingerprint density at radius 2 is 0.741 bits per heavy atom. The van der Waals surface area contributed by atoms with E-state index in [1.54, 1.807) is 6.20 Å². The standard InChI is InChI=1S/C49H33N5/c1-4-13-34(14-5-1)39-19-12-20-40(29-39)42-30-47(43-21-10-11-28-50-43)52-48(31-42)44-27-26-41(33-51-44)35-22-24-37(25-23-35)46-32-45(36-15-6-2-7-16-36)53-49(54-46)38-17-8-3-9-18-38/h1-33H. The molecule has 4 aromatic heterocycles. The van der Waals surface area contributed by atoms with Crippen LogP contribution in [0.1, 0.15) is 0 Å². The highest BCUT2D eigenvalue weighted by molar-refractivity contribution is 5.79. The molecule has 0 fully saturated rings. The van der Waals surface area contributed by atoms with Crippen LogP contribution < -0.4 is 0 Å². The van der Waals surface area contributed by atoms with Gasteiger partial charge in [0, 0.05) is 34.6 Å². The molecule has 5 heteroatoms. The number of hydrogen-bond acceptors (Lipinski definition) is 5. The van der Waals surface area contributed by atoms with Crippen LogP contribution in [0.15, 0.2) is 200 Å². The molecule has 0 atom stereocenters. The summed E-state index contributed by atoms with van der Waals surface area (Å²) in [6, 6.07) is 64.2. The molecule has 0 spiro atoms. The van der Waals surface area contributed by atoms with Gasteiger partial charge in [-0.05, 0) is 70.3 Å². The minimum atomic E-state index is 0.698. The highest BCUT2D eigenvalue weighted by Crippen LogP contribution is 2.33. The lowest BCUT2D eigenvalue weighted by molar-refractivity contribution is 1.18. The van der Waals surface area contributed by atoms with Crippen molar-refractivity contribution in [1.82, 2.24) is 24.9 Å². The fourth-order valence-corrected chi connectivity index (χ4v) is 6.60. The molecule has 9 rings (SSSR count). The number of pyridine rings is 3. The lowest BCUT2D eigenvalue weighted by Crippen LogP contribution is -1.96. The second-order valence-electron chi connectivity index (χ2n) is 13.0. The summed E-state index contributed by atoms with van der Waals surface area (Å²) in [5, 5.41) is 0. The molecule has 0 saturated heterocycles. The molecule has 4 heterocycles. The second kappa shape index (κ2) is 14.7. The van der Waals surface area contributed by atoms with E-state index in [1.807, 2.05) is 85.1 Å². The zero-order chi connectivity index (χ0) is 36.1. The van der Waals surface area contributed by atoms with Gasteiger partial charge in [0.1, 0.15) is 0 Å². The van der Waals surface area contributed by atoms with E-state index in [0.29, 0.717) is 5.82 Å². The molecule has 0 aliphatic carbocycles. The summed E-state index contributed by atoms with van der Waals surface area (Å²) in [7, 11) is 0. The topological polar surface area (TPSA) is 64.5 Å². The van der Waals surface area contributed by atoms with Crippen LogP contribution in [-0.2, 0) is 0 Å². The molecule has 0 unspecified atom stereocenters. The lowest BCUT2D eigenvalue weighted by Gasteiger charge is -2.11. The van der Waals surface area contributed by atoms with Crippen LogP contribution in [0, 0.1) is 0 Å². The van der Waals surface area contributed by atoms with E-state index in [0.717, 1.165) is 78.7 Å². The van der Waals surface area contributed by atoms with Gasteiger partial charge in [-0.15, -0.1) is 0 Å². The first-order chi connectivity index (χ1) is 26.7. The van der Waals surface area contributed by atoms with Gasteiger partial charge in [0.15, 0.2) is 5.82 Å². The van der Waals surface area contributed by atoms with Crippen LogP contribution in [0.2, 0.25) is 0 Å². The van der Waals surface area contributed by atoms with E-state index in [9.17, 15) is 0 Å². The average molecular weight is 692 g/mol. The molecule has 0 saturated carbocycles. The third kappa shape index (κ3) is 6.94. The molecule has 0 aliphatic heterocycles. The molecule has 9 aromatic rings. The van der Waals surface area contributed by atoms with Gasteiger partial charge in [-0.2, -0.15) is 0 Å². The third-order valence-electron chi connectivity index (χ3n) is 9.42. The first-order valence-electron chi connectivity index (χ1n) is 17.9. The van der Waals surface area contributed by atoms with E-state index in [4.69, 9.17) is 19.9 Å². The minimum Gasteiger partial charge on any atom is -0.255 e. The molecule has 254 valence electrons. The van der Waals surface area contributed by atoms with Crippen LogP contribution in [0.5, 0.6) is 0 Å². The summed E-state index contributed by atoms with van der Waals surface area (Å²) in [6.45, 7) is 0. The van der Waals surface area contributed by atoms with Crippen molar-refractivity contribution < 1.29 is 0 Å². The van der Waals surface area contributed by atoms with E-state index in [2.05, 4.69) is 114 Å². The van der Waals surface area contributed by atoms with Crippen molar-refractivity contribution in [3.8, 4) is 90.1 Å². The SMILES string of the molecule is c1ccc(-c2cccc(-c3cc(-c4ccccn4)nc(-c4ccc(-c5ccc(-c6cc(-c7ccccc7)nc(-c7ccccc7)n6)cc5)cn4)c3)c2)cc1. The maximum Gasteiger partial charge on any atom is 0.160 e.